The SMILES string of the molecule is CCCCCCN[C@@H](CC(N)=O)C(=O)O. The lowest BCUT2D eigenvalue weighted by Crippen LogP contribution is -2.40. The molecule has 1 amide bonds. The number of carbonyl (C=O) groups is 2. The molecule has 4 N–H and O–H groups in total. The van der Waals surface area contributed by atoms with E-state index in [9.17, 15) is 9.59 Å². The van der Waals surface area contributed by atoms with Gasteiger partial charge in [0, 0.05) is 0 Å². The van der Waals surface area contributed by atoms with Crippen LogP contribution < -0.4 is 11.1 Å². The maximum Gasteiger partial charge on any atom is 0.321 e. The molecule has 15 heavy (non-hydrogen) atoms. The Labute approximate surface area is 90.0 Å². The van der Waals surface area contributed by atoms with Crippen molar-refractivity contribution in [1.29, 1.82) is 0 Å². The summed E-state index contributed by atoms with van der Waals surface area (Å²) in [6, 6.07) is -0.843. The molecule has 0 spiro atoms. The quantitative estimate of drug-likeness (QED) is 0.489. The summed E-state index contributed by atoms with van der Waals surface area (Å²) in [4.78, 5) is 21.3. The van der Waals surface area contributed by atoms with Gasteiger partial charge in [0.25, 0.3) is 0 Å². The fourth-order valence-electron chi connectivity index (χ4n) is 1.28. The molecule has 0 aromatic rings. The second kappa shape index (κ2) is 8.23. The van der Waals surface area contributed by atoms with E-state index in [2.05, 4.69) is 12.2 Å². The molecule has 0 aromatic carbocycles. The zero-order chi connectivity index (χ0) is 11.7. The molecule has 0 aliphatic rings. The third kappa shape index (κ3) is 7.93. The number of carbonyl (C=O) groups excluding carboxylic acids is 1. The third-order valence-corrected chi connectivity index (χ3v) is 2.12. The predicted molar refractivity (Wildman–Crippen MR) is 57.4 cm³/mol. The van der Waals surface area contributed by atoms with Gasteiger partial charge in [-0.1, -0.05) is 26.2 Å². The third-order valence-electron chi connectivity index (χ3n) is 2.12. The van der Waals surface area contributed by atoms with Gasteiger partial charge in [0.05, 0.1) is 6.42 Å². The molecule has 0 rings (SSSR count). The van der Waals surface area contributed by atoms with E-state index in [-0.39, 0.29) is 6.42 Å². The molecule has 0 heterocycles. The van der Waals surface area contributed by atoms with Gasteiger partial charge in [-0.2, -0.15) is 0 Å². The van der Waals surface area contributed by atoms with E-state index in [0.717, 1.165) is 25.7 Å². The minimum Gasteiger partial charge on any atom is -0.480 e. The first-order valence-corrected chi connectivity index (χ1v) is 5.32. The average Bonchev–Trinajstić information content (AvgIpc) is 2.15. The number of carboxylic acid groups (broad SMARTS) is 1. The summed E-state index contributed by atoms with van der Waals surface area (Å²) < 4.78 is 0. The largest absolute Gasteiger partial charge is 0.480 e. The maximum atomic E-state index is 10.7. The van der Waals surface area contributed by atoms with Crippen LogP contribution in [0.25, 0.3) is 0 Å². The number of primary amides is 1. The molecule has 0 bridgehead atoms. The molecule has 0 aliphatic carbocycles. The van der Waals surface area contributed by atoms with Crippen LogP contribution in [0.2, 0.25) is 0 Å². The van der Waals surface area contributed by atoms with Gasteiger partial charge in [-0.3, -0.25) is 9.59 Å². The fourth-order valence-corrected chi connectivity index (χ4v) is 1.28. The highest BCUT2D eigenvalue weighted by Crippen LogP contribution is 1.98. The van der Waals surface area contributed by atoms with Crippen molar-refractivity contribution in [2.75, 3.05) is 6.54 Å². The van der Waals surface area contributed by atoms with Crippen molar-refractivity contribution >= 4 is 11.9 Å². The van der Waals surface area contributed by atoms with Gasteiger partial charge in [-0.05, 0) is 13.0 Å². The monoisotopic (exact) mass is 216 g/mol. The van der Waals surface area contributed by atoms with Crippen LogP contribution in [0.4, 0.5) is 0 Å². The Morgan fingerprint density at radius 2 is 2.00 bits per heavy atom. The summed E-state index contributed by atoms with van der Waals surface area (Å²) in [5.41, 5.74) is 4.94. The Kier molecular flexibility index (Phi) is 7.62. The van der Waals surface area contributed by atoms with E-state index < -0.39 is 17.9 Å². The average molecular weight is 216 g/mol. The standard InChI is InChI=1S/C10H20N2O3/c1-2-3-4-5-6-12-8(10(14)15)7-9(11)13/h8,12H,2-7H2,1H3,(H2,11,13)(H,14,15)/t8-/m0/s1. The molecular weight excluding hydrogens is 196 g/mol. The van der Waals surface area contributed by atoms with Crippen molar-refractivity contribution < 1.29 is 14.7 Å². The van der Waals surface area contributed by atoms with E-state index in [1.807, 2.05) is 0 Å². The van der Waals surface area contributed by atoms with Gasteiger partial charge in [-0.25, -0.2) is 0 Å². The molecule has 0 saturated heterocycles. The summed E-state index contributed by atoms with van der Waals surface area (Å²) in [5.74, 6) is -1.62. The lowest BCUT2D eigenvalue weighted by atomic mass is 10.1. The number of amides is 1. The molecule has 0 unspecified atom stereocenters. The summed E-state index contributed by atoms with van der Waals surface area (Å²) in [6.07, 6.45) is 4.14. The number of hydrogen-bond donors (Lipinski definition) is 3. The second-order valence-corrected chi connectivity index (χ2v) is 3.58. The van der Waals surface area contributed by atoms with Gasteiger partial charge in [0.15, 0.2) is 0 Å². The highest BCUT2D eigenvalue weighted by molar-refractivity contribution is 5.83. The van der Waals surface area contributed by atoms with Crippen LogP contribution in [-0.2, 0) is 9.59 Å². The number of nitrogens with one attached hydrogen (secondary N) is 1. The van der Waals surface area contributed by atoms with Crippen molar-refractivity contribution in [2.24, 2.45) is 5.73 Å². The zero-order valence-electron chi connectivity index (χ0n) is 9.16. The van der Waals surface area contributed by atoms with Crippen molar-refractivity contribution in [3.8, 4) is 0 Å². The fraction of sp³-hybridized carbons (Fsp3) is 0.800. The van der Waals surface area contributed by atoms with Crippen molar-refractivity contribution in [2.45, 2.75) is 45.1 Å². The Balaban J connectivity index is 3.67. The van der Waals surface area contributed by atoms with E-state index in [0.29, 0.717) is 6.54 Å². The minimum absolute atomic E-state index is 0.150. The highest BCUT2D eigenvalue weighted by atomic mass is 16.4. The van der Waals surface area contributed by atoms with E-state index in [1.165, 1.54) is 0 Å². The summed E-state index contributed by atoms with van der Waals surface area (Å²) in [6.45, 7) is 2.73. The topological polar surface area (TPSA) is 92.4 Å². The summed E-state index contributed by atoms with van der Waals surface area (Å²) in [7, 11) is 0. The minimum atomic E-state index is -1.02. The number of aliphatic carboxylic acids is 1. The molecule has 0 saturated carbocycles. The first-order chi connectivity index (χ1) is 7.07. The molecular formula is C10H20N2O3. The van der Waals surface area contributed by atoms with E-state index >= 15 is 0 Å². The predicted octanol–water partition coefficient (Wildman–Crippen LogP) is 0.485. The van der Waals surface area contributed by atoms with Gasteiger partial charge < -0.3 is 16.2 Å². The lowest BCUT2D eigenvalue weighted by molar-refractivity contribution is -0.141. The number of rotatable bonds is 9. The normalized spacial score (nSPS) is 12.3. The molecule has 1 atom stereocenters. The molecule has 88 valence electrons. The van der Waals surface area contributed by atoms with Crippen LogP contribution in [-0.4, -0.2) is 29.6 Å². The number of unbranched alkanes of at least 4 members (excludes halogenated alkanes) is 3. The molecule has 5 nitrogen and oxygen atoms in total. The molecule has 0 fully saturated rings. The number of hydrogen-bond acceptors (Lipinski definition) is 3. The van der Waals surface area contributed by atoms with E-state index in [4.69, 9.17) is 10.8 Å². The smallest absolute Gasteiger partial charge is 0.321 e. The van der Waals surface area contributed by atoms with E-state index in [1.54, 1.807) is 0 Å². The van der Waals surface area contributed by atoms with Crippen LogP contribution in [0.15, 0.2) is 0 Å². The molecule has 0 aromatic heterocycles. The zero-order valence-corrected chi connectivity index (χ0v) is 9.16. The van der Waals surface area contributed by atoms with Crippen LogP contribution in [0.1, 0.15) is 39.0 Å². The van der Waals surface area contributed by atoms with Crippen molar-refractivity contribution in [3.05, 3.63) is 0 Å². The second-order valence-electron chi connectivity index (χ2n) is 3.58. The Hall–Kier alpha value is -1.10. The van der Waals surface area contributed by atoms with Crippen LogP contribution in [0.3, 0.4) is 0 Å². The summed E-state index contributed by atoms with van der Waals surface area (Å²) in [5, 5.41) is 11.6. The Morgan fingerprint density at radius 1 is 1.33 bits per heavy atom. The molecule has 5 heteroatoms. The first-order valence-electron chi connectivity index (χ1n) is 5.32. The Morgan fingerprint density at radius 3 is 2.47 bits per heavy atom. The number of nitrogens with two attached hydrogens (primary N) is 1. The Bertz CT molecular complexity index is 207. The summed E-state index contributed by atoms with van der Waals surface area (Å²) >= 11 is 0. The molecule has 0 radical (unpaired) electrons. The number of carboxylic acids is 1. The first kappa shape index (κ1) is 13.9. The maximum absolute atomic E-state index is 10.7. The highest BCUT2D eigenvalue weighted by Gasteiger charge is 2.18. The van der Waals surface area contributed by atoms with Crippen LogP contribution >= 0.6 is 0 Å². The van der Waals surface area contributed by atoms with Gasteiger partial charge in [-0.15, -0.1) is 0 Å². The van der Waals surface area contributed by atoms with Crippen LogP contribution in [0.5, 0.6) is 0 Å². The van der Waals surface area contributed by atoms with Gasteiger partial charge in [0.2, 0.25) is 5.91 Å². The van der Waals surface area contributed by atoms with Gasteiger partial charge in [0.1, 0.15) is 6.04 Å². The van der Waals surface area contributed by atoms with Crippen molar-refractivity contribution in [1.82, 2.24) is 5.32 Å². The van der Waals surface area contributed by atoms with Crippen LogP contribution in [0, 0.1) is 0 Å². The van der Waals surface area contributed by atoms with Crippen molar-refractivity contribution in [3.63, 3.8) is 0 Å². The molecule has 0 aliphatic heterocycles. The van der Waals surface area contributed by atoms with Gasteiger partial charge >= 0.3 is 5.97 Å². The lowest BCUT2D eigenvalue weighted by Gasteiger charge is -2.12.